The van der Waals surface area contributed by atoms with E-state index in [1.54, 1.807) is 19.9 Å². The highest BCUT2D eigenvalue weighted by atomic mass is 32.2. The van der Waals surface area contributed by atoms with E-state index in [9.17, 15) is 13.2 Å². The Labute approximate surface area is 116 Å². The van der Waals surface area contributed by atoms with Gasteiger partial charge in [-0.2, -0.15) is 0 Å². The van der Waals surface area contributed by atoms with Crippen molar-refractivity contribution in [1.29, 1.82) is 0 Å². The van der Waals surface area contributed by atoms with Crippen LogP contribution in [0, 0.1) is 6.92 Å². The van der Waals surface area contributed by atoms with Gasteiger partial charge in [-0.05, 0) is 31.5 Å². The number of sulfonamides is 1. The van der Waals surface area contributed by atoms with Crippen LogP contribution < -0.4 is 10.9 Å². The van der Waals surface area contributed by atoms with E-state index in [1.807, 2.05) is 0 Å². The van der Waals surface area contributed by atoms with Crippen LogP contribution in [-0.4, -0.2) is 26.7 Å². The zero-order valence-electron chi connectivity index (χ0n) is 10.7. The first-order chi connectivity index (χ1) is 8.75. The van der Waals surface area contributed by atoms with Gasteiger partial charge in [-0.15, -0.1) is 11.8 Å². The van der Waals surface area contributed by atoms with Crippen molar-refractivity contribution in [2.75, 3.05) is 18.1 Å². The third-order valence-electron chi connectivity index (χ3n) is 2.29. The second-order valence-corrected chi connectivity index (χ2v) is 6.33. The SMILES string of the molecule is CCOC(=O)CSc1cc(N)cc(S(N)(=O)=O)c1C. The van der Waals surface area contributed by atoms with Crippen LogP contribution in [0.1, 0.15) is 12.5 Å². The van der Waals surface area contributed by atoms with Gasteiger partial charge in [0.05, 0.1) is 17.3 Å². The fraction of sp³-hybridized carbons (Fsp3) is 0.364. The first-order valence-electron chi connectivity index (χ1n) is 5.47. The molecule has 0 aromatic heterocycles. The number of nitrogens with two attached hydrogens (primary N) is 2. The van der Waals surface area contributed by atoms with Crippen LogP contribution in [0.4, 0.5) is 5.69 Å². The summed E-state index contributed by atoms with van der Waals surface area (Å²) < 4.78 is 27.6. The summed E-state index contributed by atoms with van der Waals surface area (Å²) in [4.78, 5) is 11.8. The molecule has 0 bridgehead atoms. The summed E-state index contributed by atoms with van der Waals surface area (Å²) >= 11 is 1.16. The van der Waals surface area contributed by atoms with Gasteiger partial charge in [0.1, 0.15) is 0 Å². The Kier molecular flexibility index (Phi) is 5.21. The molecule has 4 N–H and O–H groups in total. The molecule has 1 aromatic rings. The number of nitrogen functional groups attached to an aromatic ring is 1. The summed E-state index contributed by atoms with van der Waals surface area (Å²) in [5, 5.41) is 5.11. The van der Waals surface area contributed by atoms with Gasteiger partial charge in [-0.25, -0.2) is 13.6 Å². The minimum absolute atomic E-state index is 0.0288. The highest BCUT2D eigenvalue weighted by Crippen LogP contribution is 2.29. The maximum absolute atomic E-state index is 11.4. The standard InChI is InChI=1S/C11H16N2O4S2/c1-3-17-11(14)6-18-9-4-8(12)5-10(7(9)2)19(13,15)16/h4-5H,3,6,12H2,1-2H3,(H2,13,15,16). The fourth-order valence-corrected chi connectivity index (χ4v) is 3.27. The van der Waals surface area contributed by atoms with Crippen molar-refractivity contribution in [3.05, 3.63) is 17.7 Å². The van der Waals surface area contributed by atoms with Gasteiger partial charge >= 0.3 is 5.97 Å². The predicted octanol–water partition coefficient (Wildman–Crippen LogP) is 0.880. The summed E-state index contributed by atoms with van der Waals surface area (Å²) in [6.45, 7) is 3.64. The molecule has 0 atom stereocenters. The Bertz CT molecular complexity index is 585. The van der Waals surface area contributed by atoms with Gasteiger partial charge in [-0.3, -0.25) is 4.79 Å². The molecule has 0 amide bonds. The van der Waals surface area contributed by atoms with E-state index in [-0.39, 0.29) is 22.3 Å². The zero-order chi connectivity index (χ0) is 14.6. The molecule has 0 aliphatic rings. The molecule has 0 unspecified atom stereocenters. The maximum atomic E-state index is 11.4. The normalized spacial score (nSPS) is 11.3. The summed E-state index contributed by atoms with van der Waals surface area (Å²) in [5.74, 6) is -0.283. The van der Waals surface area contributed by atoms with Gasteiger partial charge in [0.15, 0.2) is 0 Å². The molecule has 0 spiro atoms. The van der Waals surface area contributed by atoms with Crippen LogP contribution in [0.15, 0.2) is 21.9 Å². The molecule has 8 heteroatoms. The quantitative estimate of drug-likeness (QED) is 0.474. The summed E-state index contributed by atoms with van der Waals surface area (Å²) in [6, 6.07) is 2.91. The number of hydrogen-bond donors (Lipinski definition) is 2. The molecule has 0 fully saturated rings. The third kappa shape index (κ3) is 4.41. The molecule has 19 heavy (non-hydrogen) atoms. The molecule has 0 radical (unpaired) electrons. The topological polar surface area (TPSA) is 112 Å². The number of hydrogen-bond acceptors (Lipinski definition) is 6. The van der Waals surface area contributed by atoms with E-state index in [2.05, 4.69) is 0 Å². The molecule has 6 nitrogen and oxygen atoms in total. The molecule has 0 saturated heterocycles. The van der Waals surface area contributed by atoms with Crippen molar-refractivity contribution in [3.63, 3.8) is 0 Å². The monoisotopic (exact) mass is 304 g/mol. The lowest BCUT2D eigenvalue weighted by Gasteiger charge is -2.11. The van der Waals surface area contributed by atoms with E-state index < -0.39 is 10.0 Å². The summed E-state index contributed by atoms with van der Waals surface area (Å²) in [5.41, 5.74) is 6.40. The van der Waals surface area contributed by atoms with Crippen molar-refractivity contribution in [3.8, 4) is 0 Å². The molecule has 0 aliphatic heterocycles. The Morgan fingerprint density at radius 2 is 2.05 bits per heavy atom. The Morgan fingerprint density at radius 3 is 2.58 bits per heavy atom. The van der Waals surface area contributed by atoms with Gasteiger partial charge in [-0.1, -0.05) is 0 Å². The first kappa shape index (κ1) is 15.8. The van der Waals surface area contributed by atoms with Crippen LogP contribution >= 0.6 is 11.8 Å². The van der Waals surface area contributed by atoms with Crippen LogP contribution in [0.2, 0.25) is 0 Å². The van der Waals surface area contributed by atoms with Gasteiger partial charge in [0.2, 0.25) is 10.0 Å². The van der Waals surface area contributed by atoms with Crippen molar-refractivity contribution in [2.24, 2.45) is 5.14 Å². The highest BCUT2D eigenvalue weighted by molar-refractivity contribution is 8.00. The number of thioether (sulfide) groups is 1. The van der Waals surface area contributed by atoms with Crippen LogP contribution in [0.3, 0.4) is 0 Å². The maximum Gasteiger partial charge on any atom is 0.316 e. The second-order valence-electron chi connectivity index (χ2n) is 3.78. The van der Waals surface area contributed by atoms with Gasteiger partial charge < -0.3 is 10.5 Å². The van der Waals surface area contributed by atoms with Gasteiger partial charge in [0, 0.05) is 10.6 Å². The van der Waals surface area contributed by atoms with Crippen molar-refractivity contribution in [1.82, 2.24) is 0 Å². The second kappa shape index (κ2) is 6.27. The third-order valence-corrected chi connectivity index (χ3v) is 4.44. The molecule has 0 saturated carbocycles. The average Bonchev–Trinajstić information content (AvgIpc) is 2.28. The van der Waals surface area contributed by atoms with E-state index >= 15 is 0 Å². The van der Waals surface area contributed by atoms with E-state index in [1.165, 1.54) is 17.8 Å². The number of ether oxygens (including phenoxy) is 1. The van der Waals surface area contributed by atoms with Gasteiger partial charge in [0.25, 0.3) is 0 Å². The predicted molar refractivity (Wildman–Crippen MR) is 74.3 cm³/mol. The molecular formula is C11H16N2O4S2. The fourth-order valence-electron chi connectivity index (χ4n) is 1.47. The molecule has 1 rings (SSSR count). The minimum atomic E-state index is -3.84. The number of primary sulfonamides is 1. The van der Waals surface area contributed by atoms with Crippen LogP contribution in [-0.2, 0) is 19.6 Å². The summed E-state index contributed by atoms with van der Waals surface area (Å²) in [7, 11) is -3.84. The van der Waals surface area contributed by atoms with E-state index in [0.29, 0.717) is 17.1 Å². The van der Waals surface area contributed by atoms with Crippen molar-refractivity contribution < 1.29 is 17.9 Å². The molecule has 0 aliphatic carbocycles. The molecule has 106 valence electrons. The average molecular weight is 304 g/mol. The highest BCUT2D eigenvalue weighted by Gasteiger charge is 2.16. The molecule has 0 heterocycles. The Balaban J connectivity index is 3.03. The number of esters is 1. The van der Waals surface area contributed by atoms with E-state index in [0.717, 1.165) is 0 Å². The number of benzene rings is 1. The van der Waals surface area contributed by atoms with Crippen molar-refractivity contribution in [2.45, 2.75) is 23.6 Å². The first-order valence-corrected chi connectivity index (χ1v) is 8.00. The van der Waals surface area contributed by atoms with Crippen LogP contribution in [0.25, 0.3) is 0 Å². The van der Waals surface area contributed by atoms with E-state index in [4.69, 9.17) is 15.6 Å². The smallest absolute Gasteiger partial charge is 0.316 e. The number of rotatable bonds is 5. The molecular weight excluding hydrogens is 288 g/mol. The number of carbonyl (C=O) groups is 1. The Hall–Kier alpha value is -1.25. The number of anilines is 1. The lowest BCUT2D eigenvalue weighted by Crippen LogP contribution is -2.15. The molecule has 1 aromatic carbocycles. The lowest BCUT2D eigenvalue weighted by atomic mass is 10.2. The number of carbonyl (C=O) groups excluding carboxylic acids is 1. The zero-order valence-corrected chi connectivity index (χ0v) is 12.3. The summed E-state index contributed by atoms with van der Waals surface area (Å²) in [6.07, 6.45) is 0. The van der Waals surface area contributed by atoms with Crippen molar-refractivity contribution >= 4 is 33.4 Å². The largest absolute Gasteiger partial charge is 0.465 e. The minimum Gasteiger partial charge on any atom is -0.465 e. The lowest BCUT2D eigenvalue weighted by molar-refractivity contribution is -0.139. The Morgan fingerprint density at radius 1 is 1.42 bits per heavy atom. The van der Waals surface area contributed by atoms with Crippen LogP contribution in [0.5, 0.6) is 0 Å².